The van der Waals surface area contributed by atoms with Gasteiger partial charge in [-0.1, -0.05) is 6.07 Å². The Morgan fingerprint density at radius 3 is 2.76 bits per heavy atom. The third-order valence-electron chi connectivity index (χ3n) is 2.51. The summed E-state index contributed by atoms with van der Waals surface area (Å²) in [6, 6.07) is 7.80. The van der Waals surface area contributed by atoms with Crippen molar-refractivity contribution in [3.63, 3.8) is 0 Å². The molecule has 1 aromatic carbocycles. The highest BCUT2D eigenvalue weighted by molar-refractivity contribution is 8.00. The van der Waals surface area contributed by atoms with Crippen molar-refractivity contribution >= 4 is 40.9 Å². The molecule has 0 aliphatic rings. The molecule has 0 saturated carbocycles. The molecule has 21 heavy (non-hydrogen) atoms. The number of rotatable bonds is 6. The lowest BCUT2D eigenvalue weighted by Gasteiger charge is -2.02. The maximum Gasteiger partial charge on any atom is 0.313 e. The predicted molar refractivity (Wildman–Crippen MR) is 82.4 cm³/mol. The van der Waals surface area contributed by atoms with Crippen molar-refractivity contribution in [2.45, 2.75) is 4.90 Å². The fourth-order valence-corrected chi connectivity index (χ4v) is 2.81. The first-order chi connectivity index (χ1) is 10.1. The Bertz CT molecular complexity index is 678. The third-order valence-corrected chi connectivity index (χ3v) is 4.38. The lowest BCUT2D eigenvalue weighted by Crippen LogP contribution is -1.99. The molecule has 1 N–H and O–H groups in total. The van der Waals surface area contributed by atoms with Crippen LogP contribution in [0.3, 0.4) is 0 Å². The van der Waals surface area contributed by atoms with Crippen LogP contribution in [0, 0.1) is 5.82 Å². The van der Waals surface area contributed by atoms with Crippen molar-refractivity contribution in [3.8, 4) is 0 Å². The minimum absolute atomic E-state index is 0.219. The molecule has 0 saturated heterocycles. The zero-order valence-corrected chi connectivity index (χ0v) is 12.4. The normalized spacial score (nSPS) is 10.9. The van der Waals surface area contributed by atoms with Gasteiger partial charge in [-0.2, -0.15) is 0 Å². The summed E-state index contributed by atoms with van der Waals surface area (Å²) < 4.78 is 13.8. The molecule has 108 valence electrons. The molecular formula is C15H11FO3S2. The van der Waals surface area contributed by atoms with Crippen LogP contribution >= 0.6 is 23.1 Å². The zero-order valence-electron chi connectivity index (χ0n) is 10.8. The van der Waals surface area contributed by atoms with Gasteiger partial charge in [0.05, 0.1) is 5.75 Å². The standard InChI is InChI=1S/C15H11FO3S2/c16-12-8-10(3-6-14(12)21-9-15(18)19)13(17)5-4-11-2-1-7-20-11/h1-8H,9H2,(H,18,19). The van der Waals surface area contributed by atoms with Crippen molar-refractivity contribution in [2.24, 2.45) is 0 Å². The SMILES string of the molecule is O=C(O)CSc1ccc(C(=O)C=Cc2cccs2)cc1F. The van der Waals surface area contributed by atoms with Crippen LogP contribution in [0.1, 0.15) is 15.2 Å². The molecular weight excluding hydrogens is 311 g/mol. The first kappa shape index (κ1) is 15.5. The molecule has 0 aliphatic carbocycles. The van der Waals surface area contributed by atoms with E-state index in [9.17, 15) is 14.0 Å². The second-order valence-corrected chi connectivity index (χ2v) is 6.04. The largest absolute Gasteiger partial charge is 0.481 e. The summed E-state index contributed by atoms with van der Waals surface area (Å²) >= 11 is 2.39. The minimum Gasteiger partial charge on any atom is -0.481 e. The highest BCUT2D eigenvalue weighted by atomic mass is 32.2. The monoisotopic (exact) mass is 322 g/mol. The van der Waals surface area contributed by atoms with E-state index in [2.05, 4.69) is 0 Å². The number of ketones is 1. The summed E-state index contributed by atoms with van der Waals surface area (Å²) in [6.07, 6.45) is 3.07. The topological polar surface area (TPSA) is 54.4 Å². The van der Waals surface area contributed by atoms with Gasteiger partial charge < -0.3 is 5.11 Å². The van der Waals surface area contributed by atoms with Gasteiger partial charge in [0, 0.05) is 15.3 Å². The van der Waals surface area contributed by atoms with E-state index in [4.69, 9.17) is 5.11 Å². The van der Waals surface area contributed by atoms with Gasteiger partial charge in [0.25, 0.3) is 0 Å². The number of hydrogen-bond acceptors (Lipinski definition) is 4. The number of aliphatic carboxylic acids is 1. The van der Waals surface area contributed by atoms with Crippen molar-refractivity contribution in [1.82, 2.24) is 0 Å². The highest BCUT2D eigenvalue weighted by Crippen LogP contribution is 2.23. The van der Waals surface area contributed by atoms with E-state index in [0.29, 0.717) is 0 Å². The lowest BCUT2D eigenvalue weighted by atomic mass is 10.1. The molecule has 0 amide bonds. The summed E-state index contributed by atoms with van der Waals surface area (Å²) in [5.41, 5.74) is 0.236. The Morgan fingerprint density at radius 1 is 1.33 bits per heavy atom. The van der Waals surface area contributed by atoms with E-state index in [1.54, 1.807) is 6.08 Å². The molecule has 0 aliphatic heterocycles. The van der Waals surface area contributed by atoms with Crippen LogP contribution in [0.15, 0.2) is 46.7 Å². The predicted octanol–water partition coefficient (Wildman–Crippen LogP) is 3.96. The quantitative estimate of drug-likeness (QED) is 0.497. The second-order valence-electron chi connectivity index (χ2n) is 4.04. The number of allylic oxidation sites excluding steroid dienone is 1. The molecule has 0 fully saturated rings. The number of carboxylic acids is 1. The molecule has 0 bridgehead atoms. The molecule has 0 radical (unpaired) electrons. The molecule has 0 unspecified atom stereocenters. The highest BCUT2D eigenvalue weighted by Gasteiger charge is 2.09. The number of halogens is 1. The lowest BCUT2D eigenvalue weighted by molar-refractivity contribution is -0.133. The van der Waals surface area contributed by atoms with Crippen molar-refractivity contribution in [3.05, 3.63) is 58.0 Å². The third kappa shape index (κ3) is 4.54. The van der Waals surface area contributed by atoms with Gasteiger partial charge in [0.2, 0.25) is 0 Å². The van der Waals surface area contributed by atoms with Gasteiger partial charge in [-0.25, -0.2) is 4.39 Å². The second kappa shape index (κ2) is 7.19. The first-order valence-corrected chi connectivity index (χ1v) is 7.83. The van der Waals surface area contributed by atoms with E-state index < -0.39 is 11.8 Å². The summed E-state index contributed by atoms with van der Waals surface area (Å²) in [6.45, 7) is 0. The molecule has 2 rings (SSSR count). The summed E-state index contributed by atoms with van der Waals surface area (Å²) in [7, 11) is 0. The van der Waals surface area contributed by atoms with Crippen LogP contribution in [0.4, 0.5) is 4.39 Å². The van der Waals surface area contributed by atoms with Crippen LogP contribution in [0.5, 0.6) is 0 Å². The Morgan fingerprint density at radius 2 is 2.14 bits per heavy atom. The Hall–Kier alpha value is -1.92. The van der Waals surface area contributed by atoms with Crippen LogP contribution in [0.25, 0.3) is 6.08 Å². The molecule has 0 atom stereocenters. The van der Waals surface area contributed by atoms with Gasteiger partial charge in [0.1, 0.15) is 5.82 Å². The molecule has 1 aromatic heterocycles. The van der Waals surface area contributed by atoms with Crippen molar-refractivity contribution in [2.75, 3.05) is 5.75 Å². The van der Waals surface area contributed by atoms with Gasteiger partial charge in [0.15, 0.2) is 5.78 Å². The van der Waals surface area contributed by atoms with Gasteiger partial charge in [-0.15, -0.1) is 23.1 Å². The Kier molecular flexibility index (Phi) is 5.30. The first-order valence-electron chi connectivity index (χ1n) is 5.96. The fourth-order valence-electron chi connectivity index (χ4n) is 1.55. The number of thiophene rings is 1. The van der Waals surface area contributed by atoms with E-state index in [-0.39, 0.29) is 22.0 Å². The average Bonchev–Trinajstić information content (AvgIpc) is 2.96. The van der Waals surface area contributed by atoms with Crippen LogP contribution in [0.2, 0.25) is 0 Å². The molecule has 0 spiro atoms. The van der Waals surface area contributed by atoms with E-state index in [1.165, 1.54) is 29.5 Å². The number of carboxylic acid groups (broad SMARTS) is 1. The van der Waals surface area contributed by atoms with E-state index >= 15 is 0 Å². The molecule has 3 nitrogen and oxygen atoms in total. The molecule has 6 heteroatoms. The maximum atomic E-state index is 13.8. The molecule has 1 heterocycles. The number of hydrogen-bond donors (Lipinski definition) is 1. The van der Waals surface area contributed by atoms with Gasteiger partial charge >= 0.3 is 5.97 Å². The van der Waals surface area contributed by atoms with Crippen molar-refractivity contribution < 1.29 is 19.1 Å². The zero-order chi connectivity index (χ0) is 15.2. The van der Waals surface area contributed by atoms with E-state index in [0.717, 1.165) is 22.7 Å². The fraction of sp³-hybridized carbons (Fsp3) is 0.0667. The number of carbonyl (C=O) groups is 2. The minimum atomic E-state index is -1.02. The van der Waals surface area contributed by atoms with Crippen LogP contribution < -0.4 is 0 Å². The van der Waals surface area contributed by atoms with Gasteiger partial charge in [-0.05, 0) is 41.8 Å². The average molecular weight is 322 g/mol. The van der Waals surface area contributed by atoms with Crippen LogP contribution in [-0.4, -0.2) is 22.6 Å². The summed E-state index contributed by atoms with van der Waals surface area (Å²) in [5.74, 6) is -2.12. The number of carbonyl (C=O) groups excluding carboxylic acids is 1. The Balaban J connectivity index is 2.08. The van der Waals surface area contributed by atoms with Crippen LogP contribution in [-0.2, 0) is 4.79 Å². The maximum absolute atomic E-state index is 13.8. The summed E-state index contributed by atoms with van der Waals surface area (Å²) in [5, 5.41) is 10.5. The smallest absolute Gasteiger partial charge is 0.313 e. The summed E-state index contributed by atoms with van der Waals surface area (Å²) in [4.78, 5) is 23.5. The van der Waals surface area contributed by atoms with E-state index in [1.807, 2.05) is 17.5 Å². The number of thioether (sulfide) groups is 1. The van der Waals surface area contributed by atoms with Crippen molar-refractivity contribution in [1.29, 1.82) is 0 Å². The Labute approximate surface area is 129 Å². The van der Waals surface area contributed by atoms with Gasteiger partial charge in [-0.3, -0.25) is 9.59 Å². The molecule has 2 aromatic rings. The number of benzene rings is 1.